The van der Waals surface area contributed by atoms with Crippen LogP contribution < -0.4 is 24.8 Å². The molecule has 0 radical (unpaired) electrons. The van der Waals surface area contributed by atoms with Gasteiger partial charge >= 0.3 is 193 Å². The zero-order valence-electron chi connectivity index (χ0n) is 20.1. The quantitative estimate of drug-likeness (QED) is 0.272. The van der Waals surface area contributed by atoms with Gasteiger partial charge in [0.05, 0.1) is 0 Å². The van der Waals surface area contributed by atoms with E-state index in [-0.39, 0.29) is 32.7 Å². The van der Waals surface area contributed by atoms with E-state index in [0.29, 0.717) is 0 Å². The number of fused-ring (bicyclic) bond motifs is 1. The van der Waals surface area contributed by atoms with Crippen molar-refractivity contribution in [3.63, 3.8) is 0 Å². The average molecular weight is 644 g/mol. The van der Waals surface area contributed by atoms with Crippen molar-refractivity contribution in [2.24, 2.45) is 11.8 Å². The molecule has 0 N–H and O–H groups in total. The van der Waals surface area contributed by atoms with Crippen molar-refractivity contribution in [1.29, 1.82) is 0 Å². The summed E-state index contributed by atoms with van der Waals surface area (Å²) in [7, 11) is -0.0127. The Labute approximate surface area is 216 Å². The Bertz CT molecular complexity index is 797. The second kappa shape index (κ2) is 13.9. The largest absolute Gasteiger partial charge is 1.00 e. The van der Waals surface area contributed by atoms with E-state index in [0.717, 1.165) is 15.5 Å². The molecule has 2 aliphatic rings. The molecule has 1 unspecified atom stereocenters. The van der Waals surface area contributed by atoms with E-state index in [1.807, 2.05) is 8.64 Å². The number of rotatable bonds is 10. The molecule has 0 heterocycles. The monoisotopic (exact) mass is 644 g/mol. The Kier molecular flexibility index (Phi) is 13.2. The van der Waals surface area contributed by atoms with Crippen LogP contribution in [0.25, 0.3) is 6.08 Å². The van der Waals surface area contributed by atoms with Crippen molar-refractivity contribution in [2.45, 2.75) is 70.9 Å². The van der Waals surface area contributed by atoms with E-state index in [1.165, 1.54) is 38.0 Å². The first-order valence-electron chi connectivity index (χ1n) is 11.6. The van der Waals surface area contributed by atoms with Crippen molar-refractivity contribution >= 4 is 14.0 Å². The standard InChI is InChI=1S/C17H24P.C10H15.2ClH.Hf/c1-13(2)11-18(12-14(3)4)17-9-15-7-5-6-8-16(15)10-17;1-3-4-7-10-8-5-6-9(10)2;;;/h5-10,13-14H,11-12H2,1-4H3;6H,3-5,7H2,1-2H3;2*1H;/q;;;;+2/p-2. The van der Waals surface area contributed by atoms with Crippen LogP contribution in [0.2, 0.25) is 0 Å². The normalized spacial score (nSPS) is 17.4. The molecule has 1 atom stereocenters. The fraction of sp³-hybridized carbons (Fsp3) is 0.556. The first-order chi connectivity index (χ1) is 13.9. The molecule has 0 bridgehead atoms. The van der Waals surface area contributed by atoms with Gasteiger partial charge in [-0.3, -0.25) is 0 Å². The molecule has 0 aliphatic heterocycles. The van der Waals surface area contributed by atoms with Gasteiger partial charge in [-0.25, -0.2) is 0 Å². The van der Waals surface area contributed by atoms with Crippen molar-refractivity contribution < 1.29 is 47.7 Å². The molecule has 0 saturated heterocycles. The topological polar surface area (TPSA) is 0 Å². The zero-order valence-corrected chi connectivity index (χ0v) is 26.1. The van der Waals surface area contributed by atoms with Crippen LogP contribution in [-0.4, -0.2) is 12.3 Å². The van der Waals surface area contributed by atoms with E-state index >= 15 is 0 Å². The number of allylic oxidation sites excluding steroid dienone is 5. The Morgan fingerprint density at radius 3 is 2.29 bits per heavy atom. The fourth-order valence-electron chi connectivity index (χ4n) is 4.66. The molecule has 170 valence electrons. The van der Waals surface area contributed by atoms with Gasteiger partial charge in [0.25, 0.3) is 0 Å². The van der Waals surface area contributed by atoms with Crippen LogP contribution >= 0.6 is 7.92 Å². The molecule has 31 heavy (non-hydrogen) atoms. The van der Waals surface area contributed by atoms with E-state index in [9.17, 15) is 0 Å². The van der Waals surface area contributed by atoms with Gasteiger partial charge in [-0.1, -0.05) is 0 Å². The maximum Gasteiger partial charge on any atom is -1.00 e. The molecule has 0 fully saturated rings. The second-order valence-electron chi connectivity index (χ2n) is 9.62. The van der Waals surface area contributed by atoms with Crippen molar-refractivity contribution in [2.75, 3.05) is 12.3 Å². The van der Waals surface area contributed by atoms with Gasteiger partial charge in [0.1, 0.15) is 0 Å². The predicted molar refractivity (Wildman–Crippen MR) is 128 cm³/mol. The van der Waals surface area contributed by atoms with Crippen LogP contribution in [0, 0.1) is 11.8 Å². The van der Waals surface area contributed by atoms with E-state index in [4.69, 9.17) is 0 Å². The van der Waals surface area contributed by atoms with Gasteiger partial charge in [0, 0.05) is 0 Å². The van der Waals surface area contributed by atoms with Crippen molar-refractivity contribution in [3.8, 4) is 0 Å². The molecule has 3 rings (SSSR count). The summed E-state index contributed by atoms with van der Waals surface area (Å²) in [5, 5.41) is 1.87. The summed E-state index contributed by atoms with van der Waals surface area (Å²) in [6.07, 6.45) is 13.2. The molecular formula is C27H39Cl2HfP. The van der Waals surface area contributed by atoms with Gasteiger partial charge in [0.15, 0.2) is 0 Å². The molecule has 1 aromatic rings. The number of hydrogen-bond donors (Lipinski definition) is 0. The van der Waals surface area contributed by atoms with Crippen LogP contribution in [0.4, 0.5) is 0 Å². The maximum absolute atomic E-state index is 2.64. The van der Waals surface area contributed by atoms with E-state index in [1.54, 1.807) is 22.3 Å². The molecule has 2 aliphatic carbocycles. The van der Waals surface area contributed by atoms with Crippen LogP contribution in [0.3, 0.4) is 0 Å². The predicted octanol–water partition coefficient (Wildman–Crippen LogP) is 2.76. The molecule has 1 aromatic carbocycles. The summed E-state index contributed by atoms with van der Waals surface area (Å²) < 4.78 is 2.73. The van der Waals surface area contributed by atoms with E-state index in [2.05, 4.69) is 78.0 Å². The molecule has 0 amide bonds. The SMILES string of the molecule is CCCCC1=[C]([Hf+2][CH]2C(P(CC(C)C)CC(C)C)=Cc3ccccc32)CC=C1C.[Cl-].[Cl-]. The van der Waals surface area contributed by atoms with Crippen molar-refractivity contribution in [3.05, 3.63) is 61.3 Å². The summed E-state index contributed by atoms with van der Waals surface area (Å²) in [6.45, 7) is 14.4. The number of halogens is 2. The Morgan fingerprint density at radius 1 is 1.03 bits per heavy atom. The van der Waals surface area contributed by atoms with Gasteiger partial charge in [0.2, 0.25) is 0 Å². The molecule has 0 saturated carbocycles. The summed E-state index contributed by atoms with van der Waals surface area (Å²) in [4.78, 5) is 0. The fourth-order valence-corrected chi connectivity index (χ4v) is 16.5. The Balaban J connectivity index is 0.00000240. The summed E-state index contributed by atoms with van der Waals surface area (Å²) in [6, 6.07) is 9.35. The molecule has 0 spiro atoms. The maximum atomic E-state index is 2.64. The second-order valence-corrected chi connectivity index (χ2v) is 17.2. The molecule has 0 nitrogen and oxygen atoms in total. The van der Waals surface area contributed by atoms with Crippen LogP contribution in [0.1, 0.15) is 82.0 Å². The van der Waals surface area contributed by atoms with Gasteiger partial charge in [-0.2, -0.15) is 0 Å². The van der Waals surface area contributed by atoms with Crippen molar-refractivity contribution in [1.82, 2.24) is 0 Å². The number of benzene rings is 1. The number of unbranched alkanes of at least 4 members (excludes halogenated alkanes) is 1. The minimum Gasteiger partial charge on any atom is -1.00 e. The Hall–Kier alpha value is 0.320. The van der Waals surface area contributed by atoms with Gasteiger partial charge < -0.3 is 24.8 Å². The van der Waals surface area contributed by atoms with Gasteiger partial charge in [-0.15, -0.1) is 0 Å². The first kappa shape index (κ1) is 29.4. The van der Waals surface area contributed by atoms with Crippen LogP contribution in [0.5, 0.6) is 0 Å². The minimum absolute atomic E-state index is 0. The third-order valence-electron chi connectivity index (χ3n) is 5.99. The average Bonchev–Trinajstić information content (AvgIpc) is 3.20. The third kappa shape index (κ3) is 7.67. The first-order valence-corrected chi connectivity index (χ1v) is 17.2. The third-order valence-corrected chi connectivity index (χ3v) is 16.7. The smallest absolute Gasteiger partial charge is 1.00 e. The van der Waals surface area contributed by atoms with Crippen LogP contribution in [0.15, 0.2) is 50.1 Å². The van der Waals surface area contributed by atoms with E-state index < -0.39 is 22.9 Å². The Morgan fingerprint density at radius 2 is 1.68 bits per heavy atom. The zero-order chi connectivity index (χ0) is 21.0. The molecular weight excluding hydrogens is 605 g/mol. The summed E-state index contributed by atoms with van der Waals surface area (Å²) in [5.41, 5.74) is 6.59. The van der Waals surface area contributed by atoms with Gasteiger partial charge in [-0.05, 0) is 0 Å². The molecule has 4 heteroatoms. The minimum atomic E-state index is -0.964. The van der Waals surface area contributed by atoms with Crippen LogP contribution in [-0.2, 0) is 22.9 Å². The summed E-state index contributed by atoms with van der Waals surface area (Å²) >= 11 is -0.964. The summed E-state index contributed by atoms with van der Waals surface area (Å²) in [5.74, 6) is 1.60. The molecule has 0 aromatic heterocycles. The number of hydrogen-bond acceptors (Lipinski definition) is 0.